The molecule has 1 aromatic heterocycles. The summed E-state index contributed by atoms with van der Waals surface area (Å²) in [4.78, 5) is 0. The first-order valence-corrected chi connectivity index (χ1v) is 7.31. The zero-order chi connectivity index (χ0) is 12.1. The second-order valence-corrected chi connectivity index (χ2v) is 5.17. The van der Waals surface area contributed by atoms with E-state index in [1.165, 1.54) is 42.3 Å². The normalized spacial score (nSPS) is 20.4. The van der Waals surface area contributed by atoms with Crippen LogP contribution in [0, 0.1) is 0 Å². The summed E-state index contributed by atoms with van der Waals surface area (Å²) in [6.45, 7) is 5.52. The van der Waals surface area contributed by atoms with Crippen LogP contribution in [0.3, 0.4) is 0 Å². The smallest absolute Gasteiger partial charge is 0.105 e. The maximum absolute atomic E-state index is 4.49. The van der Waals surface area contributed by atoms with Crippen LogP contribution in [0.5, 0.6) is 0 Å². The third-order valence-electron chi connectivity index (χ3n) is 3.27. The standard InChI is InChI=1S/C13H21N3S/c1-3-4-5-8-12-13(16-17-15-12)11-7-6-9-14-10(11)2/h7,10,14H,3-6,8-9H2,1-2H3. The predicted octanol–water partition coefficient (Wildman–Crippen LogP) is 3.04. The van der Waals surface area contributed by atoms with Gasteiger partial charge in [0.25, 0.3) is 0 Å². The minimum absolute atomic E-state index is 0.414. The van der Waals surface area contributed by atoms with Gasteiger partial charge >= 0.3 is 0 Å². The maximum Gasteiger partial charge on any atom is 0.105 e. The molecule has 0 saturated heterocycles. The molecule has 94 valence electrons. The van der Waals surface area contributed by atoms with Crippen LogP contribution in [-0.2, 0) is 6.42 Å². The Bertz CT molecular complexity index is 384. The molecule has 0 spiro atoms. The fraction of sp³-hybridized carbons (Fsp3) is 0.692. The van der Waals surface area contributed by atoms with Crippen molar-refractivity contribution in [2.24, 2.45) is 0 Å². The minimum Gasteiger partial charge on any atom is -0.310 e. The topological polar surface area (TPSA) is 37.8 Å². The first-order chi connectivity index (χ1) is 8.33. The molecule has 0 amide bonds. The van der Waals surface area contributed by atoms with Crippen LogP contribution < -0.4 is 5.32 Å². The summed E-state index contributed by atoms with van der Waals surface area (Å²) in [6.07, 6.45) is 8.26. The molecule has 0 aliphatic carbocycles. The van der Waals surface area contributed by atoms with Crippen LogP contribution in [0.1, 0.15) is 50.9 Å². The molecule has 1 aromatic rings. The second-order valence-electron chi connectivity index (χ2n) is 4.64. The number of aryl methyl sites for hydroxylation is 1. The Labute approximate surface area is 108 Å². The van der Waals surface area contributed by atoms with Gasteiger partial charge in [0, 0.05) is 6.04 Å². The molecule has 2 rings (SSSR count). The molecule has 17 heavy (non-hydrogen) atoms. The molecule has 2 heterocycles. The molecule has 4 heteroatoms. The maximum atomic E-state index is 4.49. The summed E-state index contributed by atoms with van der Waals surface area (Å²) < 4.78 is 8.95. The number of aromatic nitrogens is 2. The van der Waals surface area contributed by atoms with E-state index in [9.17, 15) is 0 Å². The summed E-state index contributed by atoms with van der Waals surface area (Å²) in [5.74, 6) is 0. The Morgan fingerprint density at radius 2 is 2.29 bits per heavy atom. The molecule has 1 N–H and O–H groups in total. The summed E-state index contributed by atoms with van der Waals surface area (Å²) in [6, 6.07) is 0.414. The van der Waals surface area contributed by atoms with Gasteiger partial charge in [0.05, 0.1) is 17.4 Å². The average Bonchev–Trinajstić information content (AvgIpc) is 2.78. The lowest BCUT2D eigenvalue weighted by Gasteiger charge is -2.21. The molecule has 0 aromatic carbocycles. The van der Waals surface area contributed by atoms with Crippen LogP contribution in [-0.4, -0.2) is 21.3 Å². The van der Waals surface area contributed by atoms with Crippen LogP contribution in [0.15, 0.2) is 6.08 Å². The average molecular weight is 251 g/mol. The third kappa shape index (κ3) is 3.13. The van der Waals surface area contributed by atoms with Crippen molar-refractivity contribution in [2.75, 3.05) is 6.54 Å². The molecule has 3 nitrogen and oxygen atoms in total. The van der Waals surface area contributed by atoms with Gasteiger partial charge in [-0.1, -0.05) is 25.8 Å². The molecule has 1 unspecified atom stereocenters. The minimum atomic E-state index is 0.414. The number of unbranched alkanes of at least 4 members (excludes halogenated alkanes) is 2. The zero-order valence-electron chi connectivity index (χ0n) is 10.7. The summed E-state index contributed by atoms with van der Waals surface area (Å²) >= 11 is 1.35. The fourth-order valence-corrected chi connectivity index (χ4v) is 2.86. The number of rotatable bonds is 5. The van der Waals surface area contributed by atoms with Gasteiger partial charge in [-0.3, -0.25) is 0 Å². The molecule has 1 aliphatic heterocycles. The lowest BCUT2D eigenvalue weighted by atomic mass is 9.97. The Kier molecular flexibility index (Phi) is 4.68. The third-order valence-corrected chi connectivity index (χ3v) is 3.84. The summed E-state index contributed by atoms with van der Waals surface area (Å²) in [5.41, 5.74) is 3.69. The van der Waals surface area contributed by atoms with E-state index >= 15 is 0 Å². The molecule has 0 fully saturated rings. The molecule has 0 radical (unpaired) electrons. The van der Waals surface area contributed by atoms with E-state index in [4.69, 9.17) is 0 Å². The Morgan fingerprint density at radius 1 is 1.41 bits per heavy atom. The Hall–Kier alpha value is -0.740. The van der Waals surface area contributed by atoms with E-state index in [-0.39, 0.29) is 0 Å². The van der Waals surface area contributed by atoms with Gasteiger partial charge in [-0.2, -0.15) is 8.75 Å². The van der Waals surface area contributed by atoms with Gasteiger partial charge in [0.15, 0.2) is 0 Å². The van der Waals surface area contributed by atoms with Crippen LogP contribution in [0.25, 0.3) is 5.57 Å². The van der Waals surface area contributed by atoms with Crippen molar-refractivity contribution in [1.82, 2.24) is 14.1 Å². The highest BCUT2D eigenvalue weighted by Gasteiger charge is 2.19. The number of hydrogen-bond acceptors (Lipinski definition) is 4. The molecule has 1 aliphatic rings. The fourth-order valence-electron chi connectivity index (χ4n) is 2.25. The van der Waals surface area contributed by atoms with E-state index in [1.807, 2.05) is 0 Å². The van der Waals surface area contributed by atoms with E-state index in [1.54, 1.807) is 0 Å². The van der Waals surface area contributed by atoms with Gasteiger partial charge in [-0.15, -0.1) is 0 Å². The quantitative estimate of drug-likeness (QED) is 0.817. The number of hydrogen-bond donors (Lipinski definition) is 1. The summed E-state index contributed by atoms with van der Waals surface area (Å²) in [7, 11) is 0. The van der Waals surface area contributed by atoms with E-state index in [2.05, 4.69) is 34.0 Å². The van der Waals surface area contributed by atoms with E-state index < -0.39 is 0 Å². The van der Waals surface area contributed by atoms with Crippen LogP contribution in [0.2, 0.25) is 0 Å². The van der Waals surface area contributed by atoms with Crippen LogP contribution >= 0.6 is 11.7 Å². The van der Waals surface area contributed by atoms with Gasteiger partial charge < -0.3 is 5.32 Å². The Balaban J connectivity index is 2.10. The van der Waals surface area contributed by atoms with Gasteiger partial charge in [0.2, 0.25) is 0 Å². The van der Waals surface area contributed by atoms with Crippen molar-refractivity contribution >= 4 is 17.3 Å². The van der Waals surface area contributed by atoms with Gasteiger partial charge in [-0.05, 0) is 38.3 Å². The van der Waals surface area contributed by atoms with Crippen LogP contribution in [0.4, 0.5) is 0 Å². The molecule has 0 bridgehead atoms. The molecule has 1 atom stereocenters. The largest absolute Gasteiger partial charge is 0.310 e. The highest BCUT2D eigenvalue weighted by molar-refractivity contribution is 6.99. The number of nitrogens with zero attached hydrogens (tertiary/aromatic N) is 2. The van der Waals surface area contributed by atoms with E-state index in [0.29, 0.717) is 6.04 Å². The summed E-state index contributed by atoms with van der Waals surface area (Å²) in [5, 5.41) is 3.48. The lowest BCUT2D eigenvalue weighted by molar-refractivity contribution is 0.624. The lowest BCUT2D eigenvalue weighted by Crippen LogP contribution is -2.31. The predicted molar refractivity (Wildman–Crippen MR) is 73.2 cm³/mol. The second kappa shape index (κ2) is 6.26. The molecule has 0 saturated carbocycles. The van der Waals surface area contributed by atoms with Crippen molar-refractivity contribution in [1.29, 1.82) is 0 Å². The highest BCUT2D eigenvalue weighted by Crippen LogP contribution is 2.24. The highest BCUT2D eigenvalue weighted by atomic mass is 32.1. The molecular weight excluding hydrogens is 230 g/mol. The SMILES string of the molecule is CCCCCc1nsnc1C1=CCCNC1C. The van der Waals surface area contributed by atoms with Crippen molar-refractivity contribution < 1.29 is 0 Å². The van der Waals surface area contributed by atoms with Gasteiger partial charge in [-0.25, -0.2) is 0 Å². The van der Waals surface area contributed by atoms with Crippen molar-refractivity contribution in [3.05, 3.63) is 17.5 Å². The van der Waals surface area contributed by atoms with E-state index in [0.717, 1.165) is 25.1 Å². The van der Waals surface area contributed by atoms with Crippen molar-refractivity contribution in [3.8, 4) is 0 Å². The van der Waals surface area contributed by atoms with Crippen molar-refractivity contribution in [3.63, 3.8) is 0 Å². The first-order valence-electron chi connectivity index (χ1n) is 6.58. The number of nitrogens with one attached hydrogen (secondary N) is 1. The first kappa shape index (κ1) is 12.7. The molecular formula is C13H21N3S. The monoisotopic (exact) mass is 251 g/mol. The van der Waals surface area contributed by atoms with Gasteiger partial charge in [0.1, 0.15) is 5.69 Å². The zero-order valence-corrected chi connectivity index (χ0v) is 11.5. The van der Waals surface area contributed by atoms with Crippen molar-refractivity contribution in [2.45, 2.75) is 52.0 Å². The Morgan fingerprint density at radius 3 is 3.06 bits per heavy atom.